The molecule has 0 heterocycles. The van der Waals surface area contributed by atoms with Gasteiger partial charge in [-0.25, -0.2) is 9.59 Å². The van der Waals surface area contributed by atoms with E-state index in [1.165, 1.54) is 31.2 Å². The molecular formula is C59H97AlO15Zn5. The molecule has 80 heavy (non-hydrogen) atoms. The first-order valence-corrected chi connectivity index (χ1v) is 26.2. The van der Waals surface area contributed by atoms with Crippen molar-refractivity contribution in [2.45, 2.75) is 186 Å². The second-order valence-corrected chi connectivity index (χ2v) is 19.6. The van der Waals surface area contributed by atoms with Crippen molar-refractivity contribution >= 4 is 53.2 Å². The van der Waals surface area contributed by atoms with E-state index in [-0.39, 0.29) is 133 Å². The van der Waals surface area contributed by atoms with Gasteiger partial charge in [0.1, 0.15) is 17.2 Å². The number of aliphatic carboxylic acids is 6. The molecular weight excluding hydrogens is 1300 g/mol. The molecule has 0 saturated carbocycles. The van der Waals surface area contributed by atoms with Crippen molar-refractivity contribution in [3.8, 4) is 17.2 Å². The van der Waals surface area contributed by atoms with Crippen molar-refractivity contribution in [2.75, 3.05) is 6.61 Å². The Balaban J connectivity index is -0.000000112. The van der Waals surface area contributed by atoms with Crippen LogP contribution >= 0.6 is 0 Å². The SMILES string of the molecule is CC(C)C(=O)O.CC(C)C(=O)O.CC(C)CCC(C)CCC(=O)O.CC(Cc1ccc(C(C)C)cc1)C(=O)O.CCC(Oc1ccccc1)C(=O)O.CCCCC(CC)COc1ccc(OC(CC)C(=O)O)cc1.[AlH3].[Zn].[Zn].[Zn].[Zn].[Zn]. The molecule has 3 aromatic carbocycles. The van der Waals surface area contributed by atoms with Gasteiger partial charge in [-0.1, -0.05) is 172 Å². The average molecular weight is 1400 g/mol. The van der Waals surface area contributed by atoms with E-state index in [9.17, 15) is 28.8 Å². The number of carbonyl (C=O) groups is 6. The van der Waals surface area contributed by atoms with Gasteiger partial charge >= 0.3 is 35.8 Å². The standard InChI is InChI=1S/C18H28O4.C13H18O2.C10H12O3.C10H20O2.2C4H8O2.Al.5Zn.3H/c1-4-7-8-14(5-2)13-21-15-9-11-16(12-10-15)22-17(6-3)18(19)20;1-9(2)12-6-4-11(5-7-12)8-10(3)13(14)15;1-2-9(10(11)12)13-8-6-4-3-5-7-8;1-8(2)4-5-9(3)6-7-10(11)12;2*1-3(2)4(5)6;;;;;;;;;/h9-12,14,17H,4-8,13H2,1-3H3,(H,19,20);4-7,9-10H,8H2,1-3H3,(H,14,15);3-7,9H,2H2,1H3,(H,11,12);8-9H,4-7H2,1-3H3,(H,11,12);2*3H,1-2H3,(H,5,6);;;;;;;;;. The van der Waals surface area contributed by atoms with Crippen molar-refractivity contribution in [1.82, 2.24) is 0 Å². The van der Waals surface area contributed by atoms with E-state index in [0.717, 1.165) is 43.1 Å². The van der Waals surface area contributed by atoms with Crippen LogP contribution in [-0.2, 0) is 133 Å². The fraction of sp³-hybridized carbons (Fsp3) is 0.593. The molecule has 15 nitrogen and oxygen atoms in total. The summed E-state index contributed by atoms with van der Waals surface area (Å²) < 4.78 is 16.5. The molecule has 0 spiro atoms. The van der Waals surface area contributed by atoms with Gasteiger partial charge in [-0.15, -0.1) is 0 Å². The van der Waals surface area contributed by atoms with E-state index in [2.05, 4.69) is 60.6 Å². The van der Waals surface area contributed by atoms with Crippen molar-refractivity contribution < 1.29 is 171 Å². The molecule has 0 bridgehead atoms. The number of hydrogen-bond acceptors (Lipinski definition) is 9. The normalized spacial score (nSPS) is 11.4. The zero-order valence-corrected chi connectivity index (χ0v) is 65.4. The third kappa shape index (κ3) is 56.0. The van der Waals surface area contributed by atoms with E-state index >= 15 is 0 Å². The summed E-state index contributed by atoms with van der Waals surface area (Å²) in [5.74, 6) is -1.17. The number of benzene rings is 3. The van der Waals surface area contributed by atoms with Gasteiger partial charge in [0.05, 0.1) is 24.4 Å². The summed E-state index contributed by atoms with van der Waals surface area (Å²) in [5.41, 5.74) is 2.39. The Bertz CT molecular complexity index is 1940. The molecule has 0 radical (unpaired) electrons. The number of para-hydroxylation sites is 1. The molecule has 436 valence electrons. The minimum atomic E-state index is -0.940. The van der Waals surface area contributed by atoms with Crippen LogP contribution in [0.25, 0.3) is 0 Å². The van der Waals surface area contributed by atoms with Crippen molar-refractivity contribution in [2.24, 2.45) is 35.5 Å². The van der Waals surface area contributed by atoms with Gasteiger partial charge in [-0.3, -0.25) is 19.2 Å². The molecule has 3 rings (SSSR count). The van der Waals surface area contributed by atoms with Gasteiger partial charge in [0.2, 0.25) is 0 Å². The largest absolute Gasteiger partial charge is 0.493 e. The van der Waals surface area contributed by atoms with Gasteiger partial charge in [-0.05, 0) is 103 Å². The summed E-state index contributed by atoms with van der Waals surface area (Å²) in [6.07, 6.45) is 8.23. The summed E-state index contributed by atoms with van der Waals surface area (Å²) in [6.45, 7) is 27.8. The summed E-state index contributed by atoms with van der Waals surface area (Å²) >= 11 is 0. The molecule has 0 aromatic heterocycles. The van der Waals surface area contributed by atoms with Gasteiger partial charge in [0, 0.05) is 104 Å². The van der Waals surface area contributed by atoms with E-state index in [4.69, 9.17) is 44.8 Å². The number of unbranched alkanes of at least 4 members (excludes halogenated alkanes) is 1. The molecule has 0 aliphatic heterocycles. The second kappa shape index (κ2) is 59.7. The summed E-state index contributed by atoms with van der Waals surface area (Å²) in [7, 11) is 0. The molecule has 5 atom stereocenters. The Morgan fingerprint density at radius 2 is 0.887 bits per heavy atom. The van der Waals surface area contributed by atoms with Gasteiger partial charge in [0.15, 0.2) is 29.6 Å². The first-order valence-electron chi connectivity index (χ1n) is 26.2. The van der Waals surface area contributed by atoms with E-state index in [1.807, 2.05) is 42.5 Å². The Hall–Kier alpha value is -2.47. The number of carboxylic acid groups (broad SMARTS) is 6. The molecule has 3 aromatic rings. The fourth-order valence-electron chi connectivity index (χ4n) is 5.78. The number of ether oxygens (including phenoxy) is 3. The van der Waals surface area contributed by atoms with Crippen LogP contribution in [0.4, 0.5) is 0 Å². The smallest absolute Gasteiger partial charge is 0.344 e. The monoisotopic (exact) mass is 1390 g/mol. The number of rotatable bonds is 27. The van der Waals surface area contributed by atoms with Gasteiger partial charge in [0.25, 0.3) is 0 Å². The molecule has 0 aliphatic carbocycles. The maximum Gasteiger partial charge on any atom is 0.344 e. The quantitative estimate of drug-likeness (QED) is 0.0388. The Kier molecular flexibility index (Phi) is 72.1. The zero-order chi connectivity index (χ0) is 57.3. The van der Waals surface area contributed by atoms with E-state index < -0.39 is 48.0 Å². The molecule has 0 saturated heterocycles. The van der Waals surface area contributed by atoms with Crippen LogP contribution in [0.5, 0.6) is 17.2 Å². The Morgan fingerprint density at radius 3 is 1.21 bits per heavy atom. The molecule has 0 amide bonds. The minimum absolute atomic E-state index is 0. The topological polar surface area (TPSA) is 251 Å². The van der Waals surface area contributed by atoms with Crippen molar-refractivity contribution in [3.63, 3.8) is 0 Å². The molecule has 5 unspecified atom stereocenters. The number of hydrogen-bond donors (Lipinski definition) is 6. The Morgan fingerprint density at radius 1 is 0.475 bits per heavy atom. The van der Waals surface area contributed by atoms with E-state index in [0.29, 0.717) is 54.9 Å². The zero-order valence-electron chi connectivity index (χ0n) is 50.6. The van der Waals surface area contributed by atoms with Crippen LogP contribution in [0.2, 0.25) is 0 Å². The minimum Gasteiger partial charge on any atom is -0.493 e. The van der Waals surface area contributed by atoms with Crippen LogP contribution in [0, 0.1) is 35.5 Å². The first kappa shape index (κ1) is 96.7. The van der Waals surface area contributed by atoms with Gasteiger partial charge in [-0.2, -0.15) is 0 Å². The van der Waals surface area contributed by atoms with Crippen LogP contribution < -0.4 is 14.2 Å². The third-order valence-electron chi connectivity index (χ3n) is 11.1. The molecule has 6 N–H and O–H groups in total. The van der Waals surface area contributed by atoms with Crippen molar-refractivity contribution in [3.05, 3.63) is 90.0 Å². The van der Waals surface area contributed by atoms with Crippen LogP contribution in [0.3, 0.4) is 0 Å². The molecule has 0 fully saturated rings. The predicted octanol–water partition coefficient (Wildman–Crippen LogP) is 12.7. The van der Waals surface area contributed by atoms with E-state index in [1.54, 1.807) is 72.7 Å². The van der Waals surface area contributed by atoms with Crippen LogP contribution in [0.1, 0.15) is 178 Å². The summed E-state index contributed by atoms with van der Waals surface area (Å²) in [6, 6.07) is 24.3. The second-order valence-electron chi connectivity index (χ2n) is 19.6. The first-order chi connectivity index (χ1) is 34.6. The third-order valence-corrected chi connectivity index (χ3v) is 11.1. The predicted molar refractivity (Wildman–Crippen MR) is 302 cm³/mol. The van der Waals surface area contributed by atoms with Crippen LogP contribution in [0.15, 0.2) is 78.9 Å². The molecule has 0 aliphatic rings. The maximum absolute atomic E-state index is 10.9. The fourth-order valence-corrected chi connectivity index (χ4v) is 5.78. The molecule has 21 heteroatoms. The summed E-state index contributed by atoms with van der Waals surface area (Å²) in [5, 5.41) is 50.9. The van der Waals surface area contributed by atoms with Gasteiger partial charge < -0.3 is 44.8 Å². The van der Waals surface area contributed by atoms with Crippen LogP contribution in [-0.4, -0.2) is 103 Å². The summed E-state index contributed by atoms with van der Waals surface area (Å²) in [4.78, 5) is 61.9. The number of carboxylic acids is 6. The maximum atomic E-state index is 10.9. The average Bonchev–Trinajstić information content (AvgIpc) is 3.35. The Labute approximate surface area is 554 Å². The van der Waals surface area contributed by atoms with Crippen molar-refractivity contribution in [1.29, 1.82) is 0 Å².